The minimum absolute atomic E-state index is 0.0224. The number of benzene rings is 1. The summed E-state index contributed by atoms with van der Waals surface area (Å²) in [7, 11) is 0. The first-order valence-electron chi connectivity index (χ1n) is 9.78. The molecule has 0 unspecified atom stereocenters. The van der Waals surface area contributed by atoms with Gasteiger partial charge >= 0.3 is 6.09 Å². The van der Waals surface area contributed by atoms with E-state index >= 15 is 0 Å². The Balaban J connectivity index is 1.90. The number of nitrogens with zero attached hydrogens (tertiary/aromatic N) is 3. The van der Waals surface area contributed by atoms with Gasteiger partial charge in [-0.25, -0.2) is 14.8 Å². The SMILES string of the molecule is C=C(O)/C=C\C=C/C(=C)c1nc(N2CCC(NC(=O)O)CC2)c2ccc(C)cc2n1. The second-order valence-corrected chi connectivity index (χ2v) is 7.34. The maximum atomic E-state index is 10.9. The number of allylic oxidation sites excluding steroid dienone is 5. The number of aliphatic hydroxyl groups excluding tert-OH is 1. The molecule has 1 fully saturated rings. The number of nitrogens with one attached hydrogen (secondary N) is 1. The lowest BCUT2D eigenvalue weighted by Gasteiger charge is -2.33. The van der Waals surface area contributed by atoms with Gasteiger partial charge in [-0.3, -0.25) is 0 Å². The number of aryl methyl sites for hydroxylation is 1. The van der Waals surface area contributed by atoms with Crippen LogP contribution in [0.2, 0.25) is 0 Å². The van der Waals surface area contributed by atoms with Crippen molar-refractivity contribution in [1.82, 2.24) is 15.3 Å². The van der Waals surface area contributed by atoms with Crippen LogP contribution in [0.3, 0.4) is 0 Å². The van der Waals surface area contributed by atoms with Crippen LogP contribution in [0.5, 0.6) is 0 Å². The van der Waals surface area contributed by atoms with Gasteiger partial charge in [0, 0.05) is 30.1 Å². The van der Waals surface area contributed by atoms with E-state index in [1.807, 2.05) is 25.1 Å². The third kappa shape index (κ3) is 5.26. The molecule has 7 nitrogen and oxygen atoms in total. The molecular weight excluding hydrogens is 380 g/mol. The average molecular weight is 406 g/mol. The van der Waals surface area contributed by atoms with Crippen LogP contribution in [-0.4, -0.2) is 45.4 Å². The summed E-state index contributed by atoms with van der Waals surface area (Å²) in [6.07, 6.45) is 7.13. The van der Waals surface area contributed by atoms with Gasteiger partial charge in [0.15, 0.2) is 5.82 Å². The Labute approximate surface area is 175 Å². The fourth-order valence-corrected chi connectivity index (χ4v) is 3.43. The summed E-state index contributed by atoms with van der Waals surface area (Å²) >= 11 is 0. The van der Waals surface area contributed by atoms with Crippen LogP contribution in [-0.2, 0) is 0 Å². The molecule has 0 spiro atoms. The number of rotatable bonds is 6. The maximum Gasteiger partial charge on any atom is 0.404 e. The molecule has 1 aromatic heterocycles. The van der Waals surface area contributed by atoms with E-state index in [9.17, 15) is 4.79 Å². The summed E-state index contributed by atoms with van der Waals surface area (Å²) < 4.78 is 0. The lowest BCUT2D eigenvalue weighted by atomic mass is 10.0. The molecule has 2 aromatic rings. The summed E-state index contributed by atoms with van der Waals surface area (Å²) in [5.41, 5.74) is 2.60. The van der Waals surface area contributed by atoms with E-state index < -0.39 is 6.09 Å². The van der Waals surface area contributed by atoms with Crippen molar-refractivity contribution in [2.45, 2.75) is 25.8 Å². The fourth-order valence-electron chi connectivity index (χ4n) is 3.43. The van der Waals surface area contributed by atoms with Crippen molar-refractivity contribution < 1.29 is 15.0 Å². The number of carboxylic acid groups (broad SMARTS) is 1. The van der Waals surface area contributed by atoms with Gasteiger partial charge in [0.05, 0.1) is 5.52 Å². The third-order valence-corrected chi connectivity index (χ3v) is 4.94. The Morgan fingerprint density at radius 1 is 1.17 bits per heavy atom. The molecule has 0 radical (unpaired) electrons. The molecule has 0 aliphatic carbocycles. The van der Waals surface area contributed by atoms with Gasteiger partial charge in [-0.2, -0.15) is 0 Å². The van der Waals surface area contributed by atoms with Crippen LogP contribution < -0.4 is 10.2 Å². The zero-order chi connectivity index (χ0) is 21.7. The summed E-state index contributed by atoms with van der Waals surface area (Å²) in [5, 5.41) is 21.6. The second-order valence-electron chi connectivity index (χ2n) is 7.34. The highest BCUT2D eigenvalue weighted by Crippen LogP contribution is 2.29. The highest BCUT2D eigenvalue weighted by molar-refractivity contribution is 5.91. The molecule has 1 amide bonds. The van der Waals surface area contributed by atoms with E-state index in [0.717, 1.165) is 35.1 Å². The molecule has 1 aliphatic heterocycles. The van der Waals surface area contributed by atoms with Crippen LogP contribution in [0.25, 0.3) is 16.5 Å². The van der Waals surface area contributed by atoms with E-state index in [1.54, 1.807) is 18.2 Å². The minimum atomic E-state index is -0.986. The van der Waals surface area contributed by atoms with E-state index in [-0.39, 0.29) is 11.8 Å². The molecule has 0 bridgehead atoms. The van der Waals surface area contributed by atoms with Gasteiger partial charge in [-0.05, 0) is 43.5 Å². The predicted molar refractivity (Wildman–Crippen MR) is 120 cm³/mol. The summed E-state index contributed by atoms with van der Waals surface area (Å²) in [6, 6.07) is 6.05. The summed E-state index contributed by atoms with van der Waals surface area (Å²) in [4.78, 5) is 22.6. The number of carbonyl (C=O) groups is 1. The number of hydrogen-bond donors (Lipinski definition) is 3. The lowest BCUT2D eigenvalue weighted by Crippen LogP contribution is -2.44. The summed E-state index contributed by atoms with van der Waals surface area (Å²) in [5.74, 6) is 1.34. The van der Waals surface area contributed by atoms with Gasteiger partial charge in [0.1, 0.15) is 11.6 Å². The Bertz CT molecular complexity index is 1030. The van der Waals surface area contributed by atoms with Crippen LogP contribution in [0.15, 0.2) is 61.4 Å². The smallest absolute Gasteiger partial charge is 0.404 e. The van der Waals surface area contributed by atoms with E-state index in [4.69, 9.17) is 15.2 Å². The molecule has 0 saturated carbocycles. The van der Waals surface area contributed by atoms with Gasteiger partial charge in [-0.1, -0.05) is 37.5 Å². The molecule has 1 saturated heterocycles. The van der Waals surface area contributed by atoms with Gasteiger partial charge in [0.25, 0.3) is 0 Å². The average Bonchev–Trinajstić information content (AvgIpc) is 2.70. The number of aliphatic hydroxyl groups is 1. The summed E-state index contributed by atoms with van der Waals surface area (Å²) in [6.45, 7) is 10.9. The fraction of sp³-hybridized carbons (Fsp3) is 0.261. The molecule has 1 aliphatic rings. The van der Waals surface area contributed by atoms with Crippen LogP contribution >= 0.6 is 0 Å². The highest BCUT2D eigenvalue weighted by atomic mass is 16.4. The largest absolute Gasteiger partial charge is 0.509 e. The maximum absolute atomic E-state index is 10.9. The number of piperidine rings is 1. The van der Waals surface area contributed by atoms with Crippen LogP contribution in [0.4, 0.5) is 10.6 Å². The zero-order valence-electron chi connectivity index (χ0n) is 17.0. The Morgan fingerprint density at radius 3 is 2.53 bits per heavy atom. The third-order valence-electron chi connectivity index (χ3n) is 4.94. The van der Waals surface area contributed by atoms with Crippen molar-refractivity contribution >= 4 is 28.4 Å². The minimum Gasteiger partial charge on any atom is -0.509 e. The first kappa shape index (κ1) is 21.1. The number of aromatic nitrogens is 2. The Kier molecular flexibility index (Phi) is 6.51. The van der Waals surface area contributed by atoms with Crippen LogP contribution in [0.1, 0.15) is 24.2 Å². The van der Waals surface area contributed by atoms with E-state index in [0.29, 0.717) is 24.5 Å². The van der Waals surface area contributed by atoms with Crippen LogP contribution in [0, 0.1) is 6.92 Å². The monoisotopic (exact) mass is 406 g/mol. The highest BCUT2D eigenvalue weighted by Gasteiger charge is 2.23. The normalized spacial score (nSPS) is 15.2. The van der Waals surface area contributed by atoms with E-state index in [2.05, 4.69) is 28.4 Å². The van der Waals surface area contributed by atoms with Crippen molar-refractivity contribution in [3.63, 3.8) is 0 Å². The quantitative estimate of drug-likeness (QED) is 0.487. The molecular formula is C23H26N4O3. The van der Waals surface area contributed by atoms with Gasteiger partial charge < -0.3 is 20.4 Å². The molecule has 1 aromatic carbocycles. The van der Waals surface area contributed by atoms with Crippen molar-refractivity contribution in [2.75, 3.05) is 18.0 Å². The molecule has 30 heavy (non-hydrogen) atoms. The molecule has 0 atom stereocenters. The first-order chi connectivity index (χ1) is 14.3. The number of hydrogen-bond acceptors (Lipinski definition) is 5. The number of fused-ring (bicyclic) bond motifs is 1. The topological polar surface area (TPSA) is 98.6 Å². The van der Waals surface area contributed by atoms with E-state index in [1.165, 1.54) is 6.08 Å². The predicted octanol–water partition coefficient (Wildman–Crippen LogP) is 4.37. The van der Waals surface area contributed by atoms with Crippen molar-refractivity contribution in [3.8, 4) is 0 Å². The van der Waals surface area contributed by atoms with Gasteiger partial charge in [0.2, 0.25) is 0 Å². The molecule has 3 N–H and O–H groups in total. The van der Waals surface area contributed by atoms with Crippen molar-refractivity contribution in [1.29, 1.82) is 0 Å². The molecule has 3 rings (SSSR count). The first-order valence-corrected chi connectivity index (χ1v) is 9.78. The van der Waals surface area contributed by atoms with Crippen molar-refractivity contribution in [3.05, 3.63) is 72.8 Å². The number of anilines is 1. The molecule has 156 valence electrons. The Hall–Kier alpha value is -3.61. The number of amides is 1. The lowest BCUT2D eigenvalue weighted by molar-refractivity contribution is 0.187. The molecule has 7 heteroatoms. The zero-order valence-corrected chi connectivity index (χ0v) is 17.0. The molecule has 2 heterocycles. The standard InChI is InChI=1S/C23H26N4O3/c1-15-8-9-19-20(14-15)25-21(16(2)6-4-5-7-17(3)28)26-22(19)27-12-10-18(11-13-27)24-23(29)30/h4-9,14,18,24,28H,2-3,10-13H2,1H3,(H,29,30)/b6-4-,7-5-. The van der Waals surface area contributed by atoms with Crippen molar-refractivity contribution in [2.24, 2.45) is 0 Å². The van der Waals surface area contributed by atoms with Gasteiger partial charge in [-0.15, -0.1) is 0 Å². The Morgan fingerprint density at radius 2 is 1.87 bits per heavy atom. The second kappa shape index (κ2) is 9.26.